The molecule has 0 aliphatic carbocycles. The maximum atomic E-state index is 13.2. The first kappa shape index (κ1) is 18.1. The van der Waals surface area contributed by atoms with Crippen LogP contribution in [0.3, 0.4) is 0 Å². The number of nitrogens with zero attached hydrogens (tertiary/aromatic N) is 2. The van der Waals surface area contributed by atoms with Gasteiger partial charge in [0.15, 0.2) is 5.54 Å². The molecule has 8 heteroatoms. The summed E-state index contributed by atoms with van der Waals surface area (Å²) < 4.78 is 0. The van der Waals surface area contributed by atoms with Crippen molar-refractivity contribution in [3.05, 3.63) is 74.5 Å². The first-order valence-corrected chi connectivity index (χ1v) is 8.45. The van der Waals surface area contributed by atoms with E-state index in [2.05, 4.69) is 9.98 Å². The average molecular weight is 414 g/mol. The first-order valence-electron chi connectivity index (χ1n) is 6.94. The van der Waals surface area contributed by atoms with Crippen LogP contribution < -0.4 is 0 Å². The Morgan fingerprint density at radius 2 is 1.84 bits per heavy atom. The van der Waals surface area contributed by atoms with Gasteiger partial charge >= 0.3 is 0 Å². The molecule has 0 spiro atoms. The molecule has 0 radical (unpaired) electrons. The van der Waals surface area contributed by atoms with E-state index in [4.69, 9.17) is 46.4 Å². The van der Waals surface area contributed by atoms with Crippen molar-refractivity contribution in [2.45, 2.75) is 5.54 Å². The highest BCUT2D eigenvalue weighted by Crippen LogP contribution is 2.38. The van der Waals surface area contributed by atoms with Gasteiger partial charge in [-0.05, 0) is 48.0 Å². The fraction of sp³-hybridized carbons (Fsp3) is 0.0588. The smallest absolute Gasteiger partial charge is 0.253 e. The highest BCUT2D eigenvalue weighted by Gasteiger charge is 2.41. The first-order chi connectivity index (χ1) is 11.8. The van der Waals surface area contributed by atoms with Crippen LogP contribution in [0.5, 0.6) is 0 Å². The van der Waals surface area contributed by atoms with Gasteiger partial charge in [-0.15, -0.1) is 0 Å². The maximum Gasteiger partial charge on any atom is 0.253 e. The van der Waals surface area contributed by atoms with Crippen LogP contribution in [-0.2, 0) is 5.54 Å². The maximum absolute atomic E-state index is 13.2. The van der Waals surface area contributed by atoms with Gasteiger partial charge in [-0.2, -0.15) is 0 Å². The van der Waals surface area contributed by atoms with Gasteiger partial charge in [-0.1, -0.05) is 34.8 Å². The van der Waals surface area contributed by atoms with Crippen LogP contribution in [0.25, 0.3) is 0 Å². The second kappa shape index (κ2) is 6.89. The molecule has 1 aromatic heterocycles. The summed E-state index contributed by atoms with van der Waals surface area (Å²) in [6, 6.07) is 5.86. The number of hydrogen-bond acceptors (Lipinski definition) is 4. The molecule has 126 valence electrons. The van der Waals surface area contributed by atoms with Crippen LogP contribution in [0.4, 0.5) is 0 Å². The number of carbonyl (C=O) groups is 2. The number of hydrogen-bond donors (Lipinski definition) is 0. The monoisotopic (exact) mass is 412 g/mol. The Balaban J connectivity index is 2.13. The summed E-state index contributed by atoms with van der Waals surface area (Å²) >= 11 is 23.6. The summed E-state index contributed by atoms with van der Waals surface area (Å²) in [6.07, 6.45) is 5.99. The third kappa shape index (κ3) is 3.23. The lowest BCUT2D eigenvalue weighted by molar-refractivity contribution is 0.0921. The number of Topliss-reactive ketones (excluding diaryl/α,β-unsaturated/α-hetero) is 1. The van der Waals surface area contributed by atoms with Crippen molar-refractivity contribution in [2.24, 2.45) is 4.99 Å². The zero-order valence-corrected chi connectivity index (χ0v) is 15.4. The van der Waals surface area contributed by atoms with E-state index in [9.17, 15) is 9.59 Å². The van der Waals surface area contributed by atoms with E-state index >= 15 is 0 Å². The molecule has 2 heterocycles. The third-order valence-corrected chi connectivity index (χ3v) is 4.90. The number of aromatic nitrogens is 1. The molecule has 1 unspecified atom stereocenters. The van der Waals surface area contributed by atoms with Crippen LogP contribution >= 0.6 is 46.4 Å². The van der Waals surface area contributed by atoms with Crippen molar-refractivity contribution in [1.82, 2.24) is 4.98 Å². The number of ketones is 1. The molecule has 25 heavy (non-hydrogen) atoms. The van der Waals surface area contributed by atoms with E-state index in [1.807, 2.05) is 0 Å². The molecule has 2 aromatic rings. The summed E-state index contributed by atoms with van der Waals surface area (Å²) in [6.45, 7) is 0. The van der Waals surface area contributed by atoms with Crippen molar-refractivity contribution in [3.63, 3.8) is 0 Å². The van der Waals surface area contributed by atoms with Crippen LogP contribution in [-0.4, -0.2) is 22.2 Å². The summed E-state index contributed by atoms with van der Waals surface area (Å²) in [5.41, 5.74) is -0.757. The van der Waals surface area contributed by atoms with E-state index in [1.54, 1.807) is 12.2 Å². The number of benzene rings is 1. The normalized spacial score (nSPS) is 18.6. The molecule has 1 aliphatic heterocycles. The SMILES string of the molecule is O=C(Cl)c1ccc(C2(C(=O)c3cc(Cl)cc(Cl)c3Cl)C=CC=N2)nc1. The quantitative estimate of drug-likeness (QED) is 0.396. The summed E-state index contributed by atoms with van der Waals surface area (Å²) in [5, 5.41) is -0.127. The molecule has 0 saturated carbocycles. The third-order valence-electron chi connectivity index (χ3n) is 3.67. The standard InChI is InChI=1S/C17H8Cl4N2O2/c18-10-6-11(14(20)12(19)7-10)15(24)17(4-1-5-23-17)13-3-2-9(8-22-13)16(21)25/h1-8H. The molecule has 3 rings (SSSR count). The molecule has 1 aliphatic rings. The van der Waals surface area contributed by atoms with Gasteiger partial charge < -0.3 is 0 Å². The van der Waals surface area contributed by atoms with Crippen LogP contribution in [0.1, 0.15) is 26.4 Å². The summed E-state index contributed by atoms with van der Waals surface area (Å²) in [5.74, 6) is -0.440. The van der Waals surface area contributed by atoms with E-state index in [-0.39, 0.29) is 26.2 Å². The van der Waals surface area contributed by atoms with Crippen molar-refractivity contribution in [1.29, 1.82) is 0 Å². The lowest BCUT2D eigenvalue weighted by Crippen LogP contribution is -2.32. The van der Waals surface area contributed by atoms with Crippen LogP contribution in [0.15, 0.2) is 47.6 Å². The van der Waals surface area contributed by atoms with E-state index < -0.39 is 16.6 Å². The topological polar surface area (TPSA) is 59.4 Å². The van der Waals surface area contributed by atoms with Gasteiger partial charge in [0, 0.05) is 23.0 Å². The minimum atomic E-state index is -1.41. The fourth-order valence-corrected chi connectivity index (χ4v) is 3.25. The zero-order chi connectivity index (χ0) is 18.2. The van der Waals surface area contributed by atoms with Crippen molar-refractivity contribution in [2.75, 3.05) is 0 Å². The molecule has 0 saturated heterocycles. The molecule has 1 atom stereocenters. The Kier molecular flexibility index (Phi) is 4.98. The molecular weight excluding hydrogens is 406 g/mol. The molecule has 1 aromatic carbocycles. The van der Waals surface area contributed by atoms with Gasteiger partial charge in [0.05, 0.1) is 21.3 Å². The van der Waals surface area contributed by atoms with Crippen molar-refractivity contribution < 1.29 is 9.59 Å². The minimum Gasteiger partial charge on any atom is -0.291 e. The van der Waals surface area contributed by atoms with E-state index in [1.165, 1.54) is 36.7 Å². The van der Waals surface area contributed by atoms with Gasteiger partial charge in [0.2, 0.25) is 5.78 Å². The number of pyridine rings is 1. The fourth-order valence-electron chi connectivity index (χ4n) is 2.45. The second-order valence-electron chi connectivity index (χ2n) is 5.19. The van der Waals surface area contributed by atoms with Crippen molar-refractivity contribution >= 4 is 63.6 Å². The predicted octanol–water partition coefficient (Wildman–Crippen LogP) is 5.14. The average Bonchev–Trinajstić information content (AvgIpc) is 3.08. The van der Waals surface area contributed by atoms with Crippen molar-refractivity contribution in [3.8, 4) is 0 Å². The van der Waals surface area contributed by atoms with E-state index in [0.717, 1.165) is 0 Å². The lowest BCUT2D eigenvalue weighted by atomic mass is 9.86. The largest absolute Gasteiger partial charge is 0.291 e. The highest BCUT2D eigenvalue weighted by atomic mass is 35.5. The Morgan fingerprint density at radius 1 is 1.08 bits per heavy atom. The number of aliphatic imine (C=N–C) groups is 1. The van der Waals surface area contributed by atoms with E-state index in [0.29, 0.717) is 5.69 Å². The van der Waals surface area contributed by atoms with Gasteiger partial charge in [-0.25, -0.2) is 0 Å². The molecule has 0 bridgehead atoms. The van der Waals surface area contributed by atoms with Crippen LogP contribution in [0.2, 0.25) is 15.1 Å². The molecule has 0 fully saturated rings. The molecular formula is C17H8Cl4N2O2. The molecule has 0 amide bonds. The molecule has 4 nitrogen and oxygen atoms in total. The lowest BCUT2D eigenvalue weighted by Gasteiger charge is -2.23. The predicted molar refractivity (Wildman–Crippen MR) is 99.5 cm³/mol. The summed E-state index contributed by atoms with van der Waals surface area (Å²) in [7, 11) is 0. The van der Waals surface area contributed by atoms with Gasteiger partial charge in [0.1, 0.15) is 0 Å². The Hall–Kier alpha value is -1.72. The van der Waals surface area contributed by atoms with Gasteiger partial charge in [0.25, 0.3) is 5.24 Å². The van der Waals surface area contributed by atoms with Crippen LogP contribution in [0, 0.1) is 0 Å². The zero-order valence-electron chi connectivity index (χ0n) is 12.3. The summed E-state index contributed by atoms with van der Waals surface area (Å²) in [4.78, 5) is 32.9. The Labute approximate surface area is 163 Å². The number of halogens is 4. The molecule has 0 N–H and O–H groups in total. The number of carbonyl (C=O) groups excluding carboxylic acids is 2. The highest BCUT2D eigenvalue weighted by molar-refractivity contribution is 6.67. The van der Waals surface area contributed by atoms with Gasteiger partial charge in [-0.3, -0.25) is 19.6 Å². The minimum absolute atomic E-state index is 0.0819. The second-order valence-corrected chi connectivity index (χ2v) is 6.75. The number of rotatable bonds is 4. The number of allylic oxidation sites excluding steroid dienone is 1. The Morgan fingerprint density at radius 3 is 2.40 bits per heavy atom. The Bertz CT molecular complexity index is 924.